The van der Waals surface area contributed by atoms with E-state index in [-0.39, 0.29) is 5.54 Å². The van der Waals surface area contributed by atoms with Crippen LogP contribution in [0.5, 0.6) is 0 Å². The number of ether oxygens (including phenoxy) is 1. The zero-order valence-electron chi connectivity index (χ0n) is 9.22. The summed E-state index contributed by atoms with van der Waals surface area (Å²) in [7, 11) is 1.84. The van der Waals surface area contributed by atoms with E-state index in [2.05, 4.69) is 38.0 Å². The lowest BCUT2D eigenvalue weighted by atomic mass is 9.81. The van der Waals surface area contributed by atoms with Crippen molar-refractivity contribution in [1.29, 1.82) is 0 Å². The summed E-state index contributed by atoms with van der Waals surface area (Å²) < 4.78 is 5.43. The van der Waals surface area contributed by atoms with Crippen molar-refractivity contribution in [3.63, 3.8) is 0 Å². The lowest BCUT2D eigenvalue weighted by Crippen LogP contribution is -2.35. The van der Waals surface area contributed by atoms with Crippen molar-refractivity contribution in [3.8, 4) is 0 Å². The van der Waals surface area contributed by atoms with Gasteiger partial charge in [-0.3, -0.25) is 0 Å². The van der Waals surface area contributed by atoms with E-state index in [9.17, 15) is 0 Å². The van der Waals surface area contributed by atoms with E-state index in [1.54, 1.807) is 0 Å². The summed E-state index contributed by atoms with van der Waals surface area (Å²) in [6.07, 6.45) is 0. The molecule has 0 saturated carbocycles. The van der Waals surface area contributed by atoms with Crippen LogP contribution in [-0.4, -0.2) is 25.2 Å². The van der Waals surface area contributed by atoms with E-state index in [1.165, 1.54) is 0 Å². The first kappa shape index (κ1) is 10.4. The van der Waals surface area contributed by atoms with Gasteiger partial charge < -0.3 is 10.1 Å². The minimum absolute atomic E-state index is 0.0491. The average molecular weight is 184 g/mol. The predicted molar refractivity (Wildman–Crippen MR) is 54.9 cm³/mol. The minimum atomic E-state index is -0.0491. The maximum absolute atomic E-state index is 5.43. The second kappa shape index (κ2) is 3.56. The van der Waals surface area contributed by atoms with Crippen molar-refractivity contribution in [2.75, 3.05) is 13.7 Å². The number of amidine groups is 1. The highest BCUT2D eigenvalue weighted by molar-refractivity contribution is 5.75. The van der Waals surface area contributed by atoms with Gasteiger partial charge in [-0.1, -0.05) is 20.8 Å². The first-order valence-electron chi connectivity index (χ1n) is 4.90. The topological polar surface area (TPSA) is 33.6 Å². The molecular weight excluding hydrogens is 164 g/mol. The molecule has 0 aromatic carbocycles. The quantitative estimate of drug-likeness (QED) is 0.708. The smallest absolute Gasteiger partial charge is 0.285 e. The third kappa shape index (κ3) is 1.95. The number of nitrogens with one attached hydrogen (secondary N) is 1. The Morgan fingerprint density at radius 1 is 1.46 bits per heavy atom. The average Bonchev–Trinajstić information content (AvgIpc) is 2.47. The lowest BCUT2D eigenvalue weighted by molar-refractivity contribution is 0.180. The maximum Gasteiger partial charge on any atom is 0.285 e. The standard InChI is InChI=1S/C10H20N2O/c1-7(2)8(3)10(4)6-13-9(11-5)12-10/h7-8H,6H2,1-5H3,(H,11,12)/t8-,10+/m1/s1. The number of rotatable bonds is 2. The molecule has 76 valence electrons. The van der Waals surface area contributed by atoms with Crippen LogP contribution in [0.25, 0.3) is 0 Å². The molecule has 1 rings (SSSR count). The molecule has 0 aromatic heterocycles. The van der Waals surface area contributed by atoms with E-state index in [0.29, 0.717) is 24.5 Å². The van der Waals surface area contributed by atoms with Gasteiger partial charge in [-0.25, -0.2) is 4.99 Å². The van der Waals surface area contributed by atoms with Crippen LogP contribution in [0.1, 0.15) is 27.7 Å². The fourth-order valence-electron chi connectivity index (χ4n) is 1.59. The highest BCUT2D eigenvalue weighted by atomic mass is 16.5. The third-order valence-corrected chi connectivity index (χ3v) is 3.05. The van der Waals surface area contributed by atoms with Crippen LogP contribution in [0.3, 0.4) is 0 Å². The first-order valence-corrected chi connectivity index (χ1v) is 4.90. The summed E-state index contributed by atoms with van der Waals surface area (Å²) in [4.78, 5) is 4.54. The van der Waals surface area contributed by atoms with Crippen molar-refractivity contribution >= 4 is 6.02 Å². The van der Waals surface area contributed by atoms with Crippen LogP contribution in [0, 0.1) is 11.8 Å². The Morgan fingerprint density at radius 2 is 2.08 bits per heavy atom. The molecule has 2 atom stereocenters. The Balaban J connectivity index is 2.73. The summed E-state index contributed by atoms with van der Waals surface area (Å²) in [5, 5.41) is 2.94. The first-order chi connectivity index (χ1) is 5.99. The minimum Gasteiger partial charge on any atom is -0.463 e. The van der Waals surface area contributed by atoms with Gasteiger partial charge in [0.1, 0.15) is 12.1 Å². The zero-order chi connectivity index (χ0) is 10.1. The van der Waals surface area contributed by atoms with Crippen molar-refractivity contribution in [3.05, 3.63) is 0 Å². The number of hydrogen-bond acceptors (Lipinski definition) is 3. The van der Waals surface area contributed by atoms with Gasteiger partial charge in [0.05, 0.1) is 0 Å². The van der Waals surface area contributed by atoms with Crippen molar-refractivity contribution in [1.82, 2.24) is 5.32 Å². The van der Waals surface area contributed by atoms with Crippen LogP contribution in [0.2, 0.25) is 0 Å². The lowest BCUT2D eigenvalue weighted by Gasteiger charge is -2.29. The molecule has 1 aliphatic heterocycles. The molecule has 0 amide bonds. The van der Waals surface area contributed by atoms with Gasteiger partial charge in [0, 0.05) is 7.05 Å². The second-order valence-electron chi connectivity index (χ2n) is 4.35. The Hall–Kier alpha value is -0.730. The monoisotopic (exact) mass is 184 g/mol. The highest BCUT2D eigenvalue weighted by Gasteiger charge is 2.38. The van der Waals surface area contributed by atoms with Crippen LogP contribution in [0.4, 0.5) is 0 Å². The molecule has 1 aliphatic rings. The molecule has 1 N–H and O–H groups in total. The molecule has 3 nitrogen and oxygen atoms in total. The van der Waals surface area contributed by atoms with Gasteiger partial charge >= 0.3 is 0 Å². The van der Waals surface area contributed by atoms with Crippen molar-refractivity contribution < 1.29 is 4.74 Å². The van der Waals surface area contributed by atoms with Gasteiger partial charge in [-0.05, 0) is 18.8 Å². The van der Waals surface area contributed by atoms with Gasteiger partial charge in [0.25, 0.3) is 6.02 Å². The molecule has 0 aromatic rings. The summed E-state index contributed by atoms with van der Waals surface area (Å²) in [5.74, 6) is 1.17. The predicted octanol–water partition coefficient (Wildman–Crippen LogP) is 1.64. The van der Waals surface area contributed by atoms with Crippen LogP contribution in [0.15, 0.2) is 4.99 Å². The molecular formula is C10H20N2O. The van der Waals surface area contributed by atoms with Gasteiger partial charge in [0.15, 0.2) is 0 Å². The molecule has 1 heterocycles. The van der Waals surface area contributed by atoms with Gasteiger partial charge in [0.2, 0.25) is 0 Å². The normalized spacial score (nSPS) is 29.8. The third-order valence-electron chi connectivity index (χ3n) is 3.05. The summed E-state index contributed by atoms with van der Waals surface area (Å²) in [6.45, 7) is 9.53. The fourth-order valence-corrected chi connectivity index (χ4v) is 1.59. The fraction of sp³-hybridized carbons (Fsp3) is 0.900. The van der Waals surface area contributed by atoms with E-state index in [4.69, 9.17) is 4.74 Å². The summed E-state index contributed by atoms with van der Waals surface area (Å²) in [5.41, 5.74) is -0.0491. The van der Waals surface area contributed by atoms with Crippen molar-refractivity contribution in [2.45, 2.75) is 33.2 Å². The van der Waals surface area contributed by atoms with Crippen LogP contribution >= 0.6 is 0 Å². The molecule has 0 fully saturated rings. The van der Waals surface area contributed by atoms with E-state index in [0.717, 1.165) is 0 Å². The second-order valence-corrected chi connectivity index (χ2v) is 4.35. The van der Waals surface area contributed by atoms with Gasteiger partial charge in [-0.2, -0.15) is 0 Å². The number of aliphatic imine (C=N–C) groups is 1. The molecule has 13 heavy (non-hydrogen) atoms. The Morgan fingerprint density at radius 3 is 2.46 bits per heavy atom. The highest BCUT2D eigenvalue weighted by Crippen LogP contribution is 2.31. The molecule has 0 saturated heterocycles. The summed E-state index contributed by atoms with van der Waals surface area (Å²) >= 11 is 0. The van der Waals surface area contributed by atoms with Gasteiger partial charge in [-0.15, -0.1) is 0 Å². The van der Waals surface area contributed by atoms with Crippen molar-refractivity contribution in [2.24, 2.45) is 16.8 Å². The van der Waals surface area contributed by atoms with E-state index >= 15 is 0 Å². The molecule has 0 spiro atoms. The van der Waals surface area contributed by atoms with E-state index in [1.807, 2.05) is 7.05 Å². The molecule has 3 heteroatoms. The largest absolute Gasteiger partial charge is 0.463 e. The molecule has 0 aliphatic carbocycles. The molecule has 0 unspecified atom stereocenters. The van der Waals surface area contributed by atoms with E-state index < -0.39 is 0 Å². The maximum atomic E-state index is 5.43. The van der Waals surface area contributed by atoms with Crippen LogP contribution in [-0.2, 0) is 4.74 Å². The van der Waals surface area contributed by atoms with Crippen LogP contribution < -0.4 is 5.32 Å². The Labute approximate surface area is 80.6 Å². The molecule has 0 radical (unpaired) electrons. The Bertz CT molecular complexity index is 213. The number of nitrogens with zero attached hydrogens (tertiary/aromatic N) is 1. The Kier molecular flexibility index (Phi) is 2.84. The summed E-state index contributed by atoms with van der Waals surface area (Å²) in [6, 6.07) is 0.676. The number of hydrogen-bond donors (Lipinski definition) is 1. The molecule has 0 bridgehead atoms. The SMILES string of the molecule is CNC1=N[C@](C)([C@H](C)C(C)C)CO1. The zero-order valence-corrected chi connectivity index (χ0v) is 9.22.